The van der Waals surface area contributed by atoms with Crippen molar-refractivity contribution in [2.45, 2.75) is 25.8 Å². The third-order valence-corrected chi connectivity index (χ3v) is 5.22. The number of carbonyl (C=O) groups is 2. The molecular formula is C17H21N3O2S. The summed E-state index contributed by atoms with van der Waals surface area (Å²) in [4.78, 5) is 30.2. The Bertz CT molecular complexity index is 672. The fourth-order valence-corrected chi connectivity index (χ4v) is 3.82. The zero-order valence-electron chi connectivity index (χ0n) is 13.2. The first-order valence-electron chi connectivity index (χ1n) is 7.90. The van der Waals surface area contributed by atoms with Crippen LogP contribution >= 0.6 is 11.3 Å². The summed E-state index contributed by atoms with van der Waals surface area (Å²) in [5, 5.41) is 5.07. The van der Waals surface area contributed by atoms with Crippen molar-refractivity contribution in [2.24, 2.45) is 0 Å². The van der Waals surface area contributed by atoms with Gasteiger partial charge in [-0.25, -0.2) is 0 Å². The van der Waals surface area contributed by atoms with Gasteiger partial charge < -0.3 is 10.3 Å². The molecule has 1 atom stereocenters. The molecule has 0 saturated carbocycles. The predicted molar refractivity (Wildman–Crippen MR) is 91.0 cm³/mol. The molecule has 2 aromatic heterocycles. The van der Waals surface area contributed by atoms with Gasteiger partial charge in [-0.2, -0.15) is 0 Å². The van der Waals surface area contributed by atoms with Crippen LogP contribution in [0.3, 0.4) is 0 Å². The first-order chi connectivity index (χ1) is 11.1. The fraction of sp³-hybridized carbons (Fsp3) is 0.412. The lowest BCUT2D eigenvalue weighted by Crippen LogP contribution is -2.36. The fourth-order valence-electron chi connectivity index (χ4n) is 2.96. The molecule has 23 heavy (non-hydrogen) atoms. The van der Waals surface area contributed by atoms with Crippen molar-refractivity contribution in [3.8, 4) is 0 Å². The summed E-state index contributed by atoms with van der Waals surface area (Å²) in [5.74, 6) is -0.216. The molecule has 122 valence electrons. The summed E-state index contributed by atoms with van der Waals surface area (Å²) in [5.41, 5.74) is 0.964. The molecule has 2 aromatic rings. The minimum Gasteiger partial charge on any atom is -0.356 e. The first-order valence-corrected chi connectivity index (χ1v) is 8.78. The number of nitrogens with zero attached hydrogens (tertiary/aromatic N) is 1. The number of rotatable bonds is 6. The van der Waals surface area contributed by atoms with Gasteiger partial charge in [0.25, 0.3) is 5.91 Å². The van der Waals surface area contributed by atoms with Crippen LogP contribution in [-0.4, -0.2) is 41.2 Å². The van der Waals surface area contributed by atoms with Gasteiger partial charge in [0.1, 0.15) is 5.69 Å². The molecule has 1 aliphatic heterocycles. The summed E-state index contributed by atoms with van der Waals surface area (Å²) in [6.07, 6.45) is 4.01. The Morgan fingerprint density at radius 1 is 1.39 bits per heavy atom. The van der Waals surface area contributed by atoms with Gasteiger partial charge in [-0.05, 0) is 50.4 Å². The molecule has 5 nitrogen and oxygen atoms in total. The first kappa shape index (κ1) is 16.0. The standard InChI is InChI=1S/C17H21N3O2S/c1-12(21)13-9-14(18-10-13)17(22)19-11-15(16-5-4-8-23-16)20-6-2-3-7-20/h4-5,8-10,15,18H,2-3,6-7,11H2,1H3,(H,19,22). The molecule has 0 radical (unpaired) electrons. The van der Waals surface area contributed by atoms with E-state index in [1.54, 1.807) is 23.6 Å². The van der Waals surface area contributed by atoms with Crippen LogP contribution in [0.25, 0.3) is 0 Å². The smallest absolute Gasteiger partial charge is 0.267 e. The summed E-state index contributed by atoms with van der Waals surface area (Å²) < 4.78 is 0. The number of thiophene rings is 1. The molecule has 1 unspecified atom stereocenters. The lowest BCUT2D eigenvalue weighted by Gasteiger charge is -2.26. The van der Waals surface area contributed by atoms with Gasteiger partial charge in [-0.3, -0.25) is 14.5 Å². The third-order valence-electron chi connectivity index (χ3n) is 4.24. The molecule has 1 saturated heterocycles. The number of aromatic nitrogens is 1. The summed E-state index contributed by atoms with van der Waals surface area (Å²) in [6, 6.07) is 6.01. The number of H-pyrrole nitrogens is 1. The molecule has 3 rings (SSSR count). The highest BCUT2D eigenvalue weighted by Crippen LogP contribution is 2.27. The van der Waals surface area contributed by atoms with Crippen molar-refractivity contribution in [1.29, 1.82) is 0 Å². The molecule has 1 aliphatic rings. The Balaban J connectivity index is 1.65. The van der Waals surface area contributed by atoms with E-state index in [0.717, 1.165) is 13.1 Å². The highest BCUT2D eigenvalue weighted by Gasteiger charge is 2.25. The van der Waals surface area contributed by atoms with Crippen LogP contribution in [0.15, 0.2) is 29.8 Å². The molecule has 0 spiro atoms. The van der Waals surface area contributed by atoms with E-state index in [-0.39, 0.29) is 17.7 Å². The van der Waals surface area contributed by atoms with Gasteiger partial charge in [0.05, 0.1) is 6.04 Å². The van der Waals surface area contributed by atoms with Crippen LogP contribution in [0.2, 0.25) is 0 Å². The zero-order valence-corrected chi connectivity index (χ0v) is 14.0. The number of likely N-dealkylation sites (tertiary alicyclic amines) is 1. The molecular weight excluding hydrogens is 310 g/mol. The topological polar surface area (TPSA) is 65.2 Å². The Morgan fingerprint density at radius 3 is 2.78 bits per heavy atom. The van der Waals surface area contributed by atoms with Gasteiger partial charge >= 0.3 is 0 Å². The van der Waals surface area contributed by atoms with Crippen molar-refractivity contribution < 1.29 is 9.59 Å². The van der Waals surface area contributed by atoms with Gasteiger partial charge in [0.2, 0.25) is 0 Å². The summed E-state index contributed by atoms with van der Waals surface area (Å²) in [6.45, 7) is 4.23. The number of hydrogen-bond acceptors (Lipinski definition) is 4. The van der Waals surface area contributed by atoms with Crippen molar-refractivity contribution in [2.75, 3.05) is 19.6 Å². The number of aromatic amines is 1. The Morgan fingerprint density at radius 2 is 2.17 bits per heavy atom. The molecule has 3 heterocycles. The number of Topliss-reactive ketones (excluding diaryl/α,β-unsaturated/α-hetero) is 1. The monoisotopic (exact) mass is 331 g/mol. The number of ketones is 1. The quantitative estimate of drug-likeness (QED) is 0.800. The van der Waals surface area contributed by atoms with Crippen LogP contribution in [0.4, 0.5) is 0 Å². The van der Waals surface area contributed by atoms with E-state index in [2.05, 4.69) is 32.7 Å². The van der Waals surface area contributed by atoms with Gasteiger partial charge in [0.15, 0.2) is 5.78 Å². The van der Waals surface area contributed by atoms with Crippen molar-refractivity contribution in [3.63, 3.8) is 0 Å². The number of carbonyl (C=O) groups excluding carboxylic acids is 2. The third kappa shape index (κ3) is 3.71. The van der Waals surface area contributed by atoms with Crippen molar-refractivity contribution in [3.05, 3.63) is 45.9 Å². The van der Waals surface area contributed by atoms with Gasteiger partial charge in [-0.15, -0.1) is 11.3 Å². The maximum absolute atomic E-state index is 12.3. The van der Waals surface area contributed by atoms with Crippen LogP contribution in [-0.2, 0) is 0 Å². The minimum atomic E-state index is -0.168. The second kappa shape index (κ2) is 7.10. The maximum Gasteiger partial charge on any atom is 0.267 e. The van der Waals surface area contributed by atoms with Crippen molar-refractivity contribution in [1.82, 2.24) is 15.2 Å². The Labute approximate surface area is 139 Å². The number of hydrogen-bond donors (Lipinski definition) is 2. The van der Waals surface area contributed by atoms with Crippen LogP contribution in [0, 0.1) is 0 Å². The molecule has 2 N–H and O–H groups in total. The molecule has 0 aliphatic carbocycles. The lowest BCUT2D eigenvalue weighted by atomic mass is 10.2. The minimum absolute atomic E-state index is 0.0474. The second-order valence-corrected chi connectivity index (χ2v) is 6.82. The number of nitrogens with one attached hydrogen (secondary N) is 2. The van der Waals surface area contributed by atoms with Crippen LogP contribution < -0.4 is 5.32 Å². The average Bonchev–Trinajstić information content (AvgIpc) is 3.29. The summed E-state index contributed by atoms with van der Waals surface area (Å²) >= 11 is 1.73. The molecule has 1 amide bonds. The lowest BCUT2D eigenvalue weighted by molar-refractivity contribution is 0.0934. The van der Waals surface area contributed by atoms with E-state index in [9.17, 15) is 9.59 Å². The zero-order chi connectivity index (χ0) is 16.2. The van der Waals surface area contributed by atoms with Crippen LogP contribution in [0.1, 0.15) is 51.5 Å². The molecule has 0 aromatic carbocycles. The predicted octanol–water partition coefficient (Wildman–Crippen LogP) is 2.85. The number of amides is 1. The van der Waals surface area contributed by atoms with E-state index in [4.69, 9.17) is 0 Å². The van der Waals surface area contributed by atoms with Crippen LogP contribution in [0.5, 0.6) is 0 Å². The molecule has 6 heteroatoms. The normalized spacial score (nSPS) is 16.4. The largest absolute Gasteiger partial charge is 0.356 e. The highest BCUT2D eigenvalue weighted by molar-refractivity contribution is 7.10. The molecule has 1 fully saturated rings. The van der Waals surface area contributed by atoms with Gasteiger partial charge in [-0.1, -0.05) is 6.07 Å². The average molecular weight is 331 g/mol. The van der Waals surface area contributed by atoms with E-state index in [1.165, 1.54) is 24.6 Å². The van der Waals surface area contributed by atoms with E-state index >= 15 is 0 Å². The van der Waals surface area contributed by atoms with Gasteiger partial charge in [0, 0.05) is 23.2 Å². The van der Waals surface area contributed by atoms with E-state index in [1.807, 2.05) is 0 Å². The van der Waals surface area contributed by atoms with Crippen molar-refractivity contribution >= 4 is 23.0 Å². The SMILES string of the molecule is CC(=O)c1c[nH]c(C(=O)NCC(c2cccs2)N2CCCC2)c1. The maximum atomic E-state index is 12.3. The highest BCUT2D eigenvalue weighted by atomic mass is 32.1. The second-order valence-electron chi connectivity index (χ2n) is 5.84. The van der Waals surface area contributed by atoms with E-state index < -0.39 is 0 Å². The molecule has 0 bridgehead atoms. The Hall–Kier alpha value is -1.92. The van der Waals surface area contributed by atoms with E-state index in [0.29, 0.717) is 17.8 Å². The Kier molecular flexibility index (Phi) is 4.93. The summed E-state index contributed by atoms with van der Waals surface area (Å²) in [7, 11) is 0.